The lowest BCUT2D eigenvalue weighted by Crippen LogP contribution is -2.00. The summed E-state index contributed by atoms with van der Waals surface area (Å²) in [7, 11) is 0. The van der Waals surface area contributed by atoms with E-state index in [0.717, 1.165) is 19.2 Å². The molecule has 1 aromatic carbocycles. The van der Waals surface area contributed by atoms with Crippen LogP contribution >= 0.6 is 38.5 Å². The molecule has 1 unspecified atom stereocenters. The van der Waals surface area contributed by atoms with Crippen molar-refractivity contribution in [3.05, 3.63) is 44.0 Å². The molecule has 13 heavy (non-hydrogen) atoms. The fourth-order valence-corrected chi connectivity index (χ4v) is 2.00. The van der Waals surface area contributed by atoms with E-state index in [9.17, 15) is 5.11 Å². The molecule has 0 fully saturated rings. The summed E-state index contributed by atoms with van der Waals surface area (Å²) < 4.78 is 2.03. The molecule has 1 nitrogen and oxygen atoms in total. The second-order valence-corrected chi connectivity index (χ2v) is 4.99. The maximum absolute atomic E-state index is 9.78. The Morgan fingerprint density at radius 3 is 2.77 bits per heavy atom. The zero-order valence-electron chi connectivity index (χ0n) is 7.22. The van der Waals surface area contributed by atoms with E-state index in [4.69, 9.17) is 0 Å². The molecular formula is C10H10BrIO. The fourth-order valence-electron chi connectivity index (χ4n) is 0.990. The van der Waals surface area contributed by atoms with Crippen LogP contribution in [0.1, 0.15) is 18.6 Å². The van der Waals surface area contributed by atoms with Crippen LogP contribution in [-0.4, -0.2) is 5.11 Å². The van der Waals surface area contributed by atoms with Crippen LogP contribution in [0.2, 0.25) is 0 Å². The van der Waals surface area contributed by atoms with Gasteiger partial charge in [0.15, 0.2) is 0 Å². The van der Waals surface area contributed by atoms with E-state index in [-0.39, 0.29) is 0 Å². The van der Waals surface area contributed by atoms with Crippen LogP contribution in [0.15, 0.2) is 34.8 Å². The molecular weight excluding hydrogens is 343 g/mol. The van der Waals surface area contributed by atoms with Crippen LogP contribution in [0, 0.1) is 3.57 Å². The van der Waals surface area contributed by atoms with Crippen LogP contribution in [0.5, 0.6) is 0 Å². The zero-order valence-corrected chi connectivity index (χ0v) is 11.0. The highest BCUT2D eigenvalue weighted by Gasteiger charge is 2.11. The minimum absolute atomic E-state index is 0.565. The summed E-state index contributed by atoms with van der Waals surface area (Å²) in [4.78, 5) is 0. The van der Waals surface area contributed by atoms with E-state index in [1.807, 2.05) is 25.1 Å². The third kappa shape index (κ3) is 2.79. The maximum Gasteiger partial charge on any atom is 0.101 e. The van der Waals surface area contributed by atoms with Gasteiger partial charge in [0.2, 0.25) is 0 Å². The molecule has 0 aliphatic heterocycles. The van der Waals surface area contributed by atoms with E-state index >= 15 is 0 Å². The molecule has 1 rings (SSSR count). The fraction of sp³-hybridized carbons (Fsp3) is 0.200. The lowest BCUT2D eigenvalue weighted by Gasteiger charge is -2.12. The highest BCUT2D eigenvalue weighted by Crippen LogP contribution is 2.27. The summed E-state index contributed by atoms with van der Waals surface area (Å²) in [6, 6.07) is 5.84. The van der Waals surface area contributed by atoms with Gasteiger partial charge in [-0.2, -0.15) is 0 Å². The SMILES string of the molecule is C=C(C)C(O)c1cc(Br)ccc1I. The van der Waals surface area contributed by atoms with Crippen molar-refractivity contribution in [2.24, 2.45) is 0 Å². The first-order valence-corrected chi connectivity index (χ1v) is 5.68. The Hall–Kier alpha value is 0.130. The molecule has 0 heterocycles. The standard InChI is InChI=1S/C10H10BrIO/c1-6(2)10(13)8-5-7(11)3-4-9(8)12/h3-5,10,13H,1H2,2H3. The summed E-state index contributed by atoms with van der Waals surface area (Å²) in [6.45, 7) is 5.55. The van der Waals surface area contributed by atoms with Crippen molar-refractivity contribution in [3.63, 3.8) is 0 Å². The van der Waals surface area contributed by atoms with Crippen LogP contribution in [-0.2, 0) is 0 Å². The Labute approximate surface area is 100 Å². The molecule has 0 saturated heterocycles. The Morgan fingerprint density at radius 1 is 1.62 bits per heavy atom. The third-order valence-corrected chi connectivity index (χ3v) is 3.20. The van der Waals surface area contributed by atoms with Gasteiger partial charge < -0.3 is 5.11 Å². The number of aliphatic hydroxyl groups excluding tert-OH is 1. The first-order chi connectivity index (χ1) is 6.02. The number of aliphatic hydroxyl groups is 1. The molecule has 1 atom stereocenters. The Morgan fingerprint density at radius 2 is 2.23 bits per heavy atom. The van der Waals surface area contributed by atoms with Gasteiger partial charge in [0.1, 0.15) is 6.10 Å². The summed E-state index contributed by atoms with van der Waals surface area (Å²) >= 11 is 5.57. The molecule has 1 aromatic rings. The molecule has 0 aliphatic rings. The third-order valence-electron chi connectivity index (χ3n) is 1.72. The van der Waals surface area contributed by atoms with Gasteiger partial charge >= 0.3 is 0 Å². The van der Waals surface area contributed by atoms with Gasteiger partial charge in [0.05, 0.1) is 0 Å². The molecule has 1 N–H and O–H groups in total. The number of hydrogen-bond acceptors (Lipinski definition) is 1. The van der Waals surface area contributed by atoms with Crippen LogP contribution in [0.25, 0.3) is 0 Å². The summed E-state index contributed by atoms with van der Waals surface area (Å²) in [5.74, 6) is 0. The summed E-state index contributed by atoms with van der Waals surface area (Å²) in [6.07, 6.45) is -0.565. The minimum Gasteiger partial charge on any atom is -0.384 e. The van der Waals surface area contributed by atoms with Crippen molar-refractivity contribution in [2.45, 2.75) is 13.0 Å². The quantitative estimate of drug-likeness (QED) is 0.636. The Kier molecular flexibility index (Phi) is 3.94. The smallest absolute Gasteiger partial charge is 0.101 e. The van der Waals surface area contributed by atoms with Crippen molar-refractivity contribution < 1.29 is 5.11 Å². The first kappa shape index (κ1) is 11.2. The number of benzene rings is 1. The highest BCUT2D eigenvalue weighted by molar-refractivity contribution is 14.1. The van der Waals surface area contributed by atoms with Gasteiger partial charge in [-0.3, -0.25) is 0 Å². The first-order valence-electron chi connectivity index (χ1n) is 3.81. The van der Waals surface area contributed by atoms with Crippen molar-refractivity contribution in [1.29, 1.82) is 0 Å². The number of halogens is 2. The van der Waals surface area contributed by atoms with Crippen molar-refractivity contribution >= 4 is 38.5 Å². The monoisotopic (exact) mass is 352 g/mol. The van der Waals surface area contributed by atoms with E-state index in [2.05, 4.69) is 45.1 Å². The van der Waals surface area contributed by atoms with E-state index in [1.165, 1.54) is 0 Å². The second-order valence-electron chi connectivity index (χ2n) is 2.91. The lowest BCUT2D eigenvalue weighted by atomic mass is 10.0. The molecule has 0 aromatic heterocycles. The molecule has 3 heteroatoms. The van der Waals surface area contributed by atoms with Gasteiger partial charge in [-0.05, 0) is 58.9 Å². The van der Waals surface area contributed by atoms with Gasteiger partial charge in [-0.25, -0.2) is 0 Å². The van der Waals surface area contributed by atoms with Gasteiger partial charge in [0, 0.05) is 8.04 Å². The topological polar surface area (TPSA) is 20.2 Å². The average Bonchev–Trinajstić information content (AvgIpc) is 2.08. The van der Waals surface area contributed by atoms with E-state index in [0.29, 0.717) is 0 Å². The van der Waals surface area contributed by atoms with Gasteiger partial charge in [-0.1, -0.05) is 22.5 Å². The predicted molar refractivity (Wildman–Crippen MR) is 66.6 cm³/mol. The van der Waals surface area contributed by atoms with Crippen LogP contribution < -0.4 is 0 Å². The molecule has 0 bridgehead atoms. The Bertz CT molecular complexity index is 336. The van der Waals surface area contributed by atoms with Crippen molar-refractivity contribution in [1.82, 2.24) is 0 Å². The Balaban J connectivity index is 3.12. The second kappa shape index (κ2) is 4.57. The van der Waals surface area contributed by atoms with Crippen molar-refractivity contribution in [2.75, 3.05) is 0 Å². The number of hydrogen-bond donors (Lipinski definition) is 1. The van der Waals surface area contributed by atoms with Crippen molar-refractivity contribution in [3.8, 4) is 0 Å². The summed E-state index contributed by atoms with van der Waals surface area (Å²) in [5.41, 5.74) is 1.67. The predicted octanol–water partition coefficient (Wildman–Crippen LogP) is 3.66. The zero-order chi connectivity index (χ0) is 10.0. The maximum atomic E-state index is 9.78. The molecule has 70 valence electrons. The minimum atomic E-state index is -0.565. The highest BCUT2D eigenvalue weighted by atomic mass is 127. The van der Waals surface area contributed by atoms with E-state index in [1.54, 1.807) is 0 Å². The van der Waals surface area contributed by atoms with Crippen LogP contribution in [0.3, 0.4) is 0 Å². The summed E-state index contributed by atoms with van der Waals surface area (Å²) in [5, 5.41) is 9.78. The van der Waals surface area contributed by atoms with Gasteiger partial charge in [0.25, 0.3) is 0 Å². The normalized spacial score (nSPS) is 12.6. The average molecular weight is 353 g/mol. The van der Waals surface area contributed by atoms with E-state index < -0.39 is 6.10 Å². The number of rotatable bonds is 2. The molecule has 0 spiro atoms. The van der Waals surface area contributed by atoms with Crippen LogP contribution in [0.4, 0.5) is 0 Å². The molecule has 0 amide bonds. The molecule has 0 saturated carbocycles. The lowest BCUT2D eigenvalue weighted by molar-refractivity contribution is 0.215. The molecule has 0 aliphatic carbocycles. The van der Waals surface area contributed by atoms with Gasteiger partial charge in [-0.15, -0.1) is 0 Å². The largest absolute Gasteiger partial charge is 0.384 e. The molecule has 0 radical (unpaired) electrons.